The van der Waals surface area contributed by atoms with Crippen LogP contribution in [-0.4, -0.2) is 21.5 Å². The Labute approximate surface area is 127 Å². The summed E-state index contributed by atoms with van der Waals surface area (Å²) in [6.07, 6.45) is 2.82. The maximum atomic E-state index is 12.0. The third-order valence-corrected chi connectivity index (χ3v) is 4.71. The van der Waals surface area contributed by atoms with Crippen LogP contribution in [0.15, 0.2) is 23.1 Å². The molecular formula is C14H23ClN2O2S. The zero-order valence-electron chi connectivity index (χ0n) is 12.1. The zero-order chi connectivity index (χ0) is 15.0. The minimum atomic E-state index is -3.45. The highest BCUT2D eigenvalue weighted by Crippen LogP contribution is 2.20. The van der Waals surface area contributed by atoms with Gasteiger partial charge in [-0.25, -0.2) is 13.1 Å². The molecule has 2 N–H and O–H groups in total. The number of benzene rings is 1. The van der Waals surface area contributed by atoms with E-state index in [2.05, 4.69) is 17.0 Å². The van der Waals surface area contributed by atoms with E-state index in [0.717, 1.165) is 31.4 Å². The highest BCUT2D eigenvalue weighted by atomic mass is 35.5. The van der Waals surface area contributed by atoms with Crippen LogP contribution in [0, 0.1) is 0 Å². The lowest BCUT2D eigenvalue weighted by Gasteiger charge is -2.10. The van der Waals surface area contributed by atoms with Crippen LogP contribution in [0.5, 0.6) is 0 Å². The molecule has 0 aliphatic heterocycles. The van der Waals surface area contributed by atoms with Crippen LogP contribution in [0.25, 0.3) is 0 Å². The Hall–Kier alpha value is -0.620. The van der Waals surface area contributed by atoms with Crippen molar-refractivity contribution in [3.8, 4) is 0 Å². The molecule has 0 bridgehead atoms. The molecule has 0 fully saturated rings. The van der Waals surface area contributed by atoms with Crippen LogP contribution in [0.1, 0.15) is 38.7 Å². The molecule has 0 unspecified atom stereocenters. The van der Waals surface area contributed by atoms with Gasteiger partial charge in [-0.1, -0.05) is 37.9 Å². The monoisotopic (exact) mass is 318 g/mol. The number of unbranched alkanes of at least 4 members (excludes halogenated alkanes) is 1. The summed E-state index contributed by atoms with van der Waals surface area (Å²) in [7, 11) is -3.45. The average molecular weight is 319 g/mol. The van der Waals surface area contributed by atoms with Crippen molar-refractivity contribution in [2.45, 2.75) is 44.6 Å². The smallest absolute Gasteiger partial charge is 0.240 e. The highest BCUT2D eigenvalue weighted by molar-refractivity contribution is 7.89. The Balaban J connectivity index is 2.75. The topological polar surface area (TPSA) is 58.2 Å². The molecule has 20 heavy (non-hydrogen) atoms. The summed E-state index contributed by atoms with van der Waals surface area (Å²) in [5.74, 6) is 0. The van der Waals surface area contributed by atoms with Gasteiger partial charge in [0.15, 0.2) is 0 Å². The molecule has 0 aromatic heterocycles. The Bertz CT molecular complexity index is 518. The minimum Gasteiger partial charge on any atom is -0.313 e. The van der Waals surface area contributed by atoms with Gasteiger partial charge in [0.2, 0.25) is 10.0 Å². The molecule has 1 rings (SSSR count). The molecule has 0 atom stereocenters. The molecule has 1 aromatic carbocycles. The first kappa shape index (κ1) is 17.4. The number of hydrogen-bond acceptors (Lipinski definition) is 3. The van der Waals surface area contributed by atoms with Crippen LogP contribution >= 0.6 is 11.6 Å². The SMILES string of the molecule is CCCCNS(=O)(=O)c1ccc(CNCCC)c(Cl)c1. The molecule has 114 valence electrons. The van der Waals surface area contributed by atoms with E-state index in [0.29, 0.717) is 18.1 Å². The summed E-state index contributed by atoms with van der Waals surface area (Å²) in [6, 6.07) is 4.88. The first-order chi connectivity index (χ1) is 9.51. The summed E-state index contributed by atoms with van der Waals surface area (Å²) in [5.41, 5.74) is 0.910. The van der Waals surface area contributed by atoms with Crippen LogP contribution < -0.4 is 10.0 Å². The lowest BCUT2D eigenvalue weighted by Crippen LogP contribution is -2.24. The van der Waals surface area contributed by atoms with E-state index in [1.54, 1.807) is 12.1 Å². The van der Waals surface area contributed by atoms with Crippen molar-refractivity contribution in [3.05, 3.63) is 28.8 Å². The van der Waals surface area contributed by atoms with Crippen molar-refractivity contribution in [3.63, 3.8) is 0 Å². The Morgan fingerprint density at radius 1 is 1.15 bits per heavy atom. The lowest BCUT2D eigenvalue weighted by molar-refractivity contribution is 0.578. The fraction of sp³-hybridized carbons (Fsp3) is 0.571. The van der Waals surface area contributed by atoms with Crippen molar-refractivity contribution in [2.24, 2.45) is 0 Å². The molecule has 0 aliphatic rings. The second-order valence-corrected chi connectivity index (χ2v) is 6.86. The first-order valence-corrected chi connectivity index (χ1v) is 8.86. The Morgan fingerprint density at radius 3 is 2.50 bits per heavy atom. The number of hydrogen-bond donors (Lipinski definition) is 2. The molecule has 0 amide bonds. The van der Waals surface area contributed by atoms with E-state index in [-0.39, 0.29) is 4.90 Å². The van der Waals surface area contributed by atoms with Gasteiger partial charge >= 0.3 is 0 Å². The molecule has 0 aliphatic carbocycles. The van der Waals surface area contributed by atoms with Crippen LogP contribution in [0.2, 0.25) is 5.02 Å². The standard InChI is InChI=1S/C14H23ClN2O2S/c1-3-5-9-17-20(18,19)13-7-6-12(14(15)10-13)11-16-8-4-2/h6-7,10,16-17H,3-5,8-9,11H2,1-2H3. The zero-order valence-corrected chi connectivity index (χ0v) is 13.6. The number of sulfonamides is 1. The van der Waals surface area contributed by atoms with Crippen LogP contribution in [0.4, 0.5) is 0 Å². The fourth-order valence-electron chi connectivity index (χ4n) is 1.71. The molecule has 0 radical (unpaired) electrons. The Morgan fingerprint density at radius 2 is 1.90 bits per heavy atom. The van der Waals surface area contributed by atoms with Gasteiger partial charge in [0.05, 0.1) is 4.90 Å². The summed E-state index contributed by atoms with van der Waals surface area (Å²) < 4.78 is 26.7. The Kier molecular flexibility index (Phi) is 7.51. The van der Waals surface area contributed by atoms with Crippen molar-refractivity contribution < 1.29 is 8.42 Å². The molecule has 0 saturated carbocycles. The summed E-state index contributed by atoms with van der Waals surface area (Å²) in [6.45, 7) is 6.12. The largest absolute Gasteiger partial charge is 0.313 e. The molecule has 0 heterocycles. The molecule has 6 heteroatoms. The average Bonchev–Trinajstić information content (AvgIpc) is 2.41. The van der Waals surface area contributed by atoms with Crippen molar-refractivity contribution in [1.29, 1.82) is 0 Å². The van der Waals surface area contributed by atoms with E-state index in [4.69, 9.17) is 11.6 Å². The van der Waals surface area contributed by atoms with Gasteiger partial charge in [0.25, 0.3) is 0 Å². The van der Waals surface area contributed by atoms with E-state index in [9.17, 15) is 8.42 Å². The summed E-state index contributed by atoms with van der Waals surface area (Å²) in [5, 5.41) is 3.72. The summed E-state index contributed by atoms with van der Waals surface area (Å²) in [4.78, 5) is 0.220. The summed E-state index contributed by atoms with van der Waals surface area (Å²) >= 11 is 6.14. The van der Waals surface area contributed by atoms with E-state index < -0.39 is 10.0 Å². The predicted molar refractivity (Wildman–Crippen MR) is 83.5 cm³/mol. The number of halogens is 1. The molecule has 4 nitrogen and oxygen atoms in total. The van der Waals surface area contributed by atoms with Crippen LogP contribution in [-0.2, 0) is 16.6 Å². The third kappa shape index (κ3) is 5.40. The maximum Gasteiger partial charge on any atom is 0.240 e. The van der Waals surface area contributed by atoms with Gasteiger partial charge in [0, 0.05) is 18.1 Å². The van der Waals surface area contributed by atoms with Gasteiger partial charge < -0.3 is 5.32 Å². The first-order valence-electron chi connectivity index (χ1n) is 7.00. The third-order valence-electron chi connectivity index (χ3n) is 2.90. The molecule has 0 saturated heterocycles. The number of nitrogens with one attached hydrogen (secondary N) is 2. The second-order valence-electron chi connectivity index (χ2n) is 4.68. The lowest BCUT2D eigenvalue weighted by atomic mass is 10.2. The van der Waals surface area contributed by atoms with Gasteiger partial charge in [-0.2, -0.15) is 0 Å². The fourth-order valence-corrected chi connectivity index (χ4v) is 3.12. The highest BCUT2D eigenvalue weighted by Gasteiger charge is 2.14. The number of rotatable bonds is 9. The van der Waals surface area contributed by atoms with Gasteiger partial charge in [0.1, 0.15) is 0 Å². The minimum absolute atomic E-state index is 0.220. The normalized spacial score (nSPS) is 11.8. The molecule has 1 aromatic rings. The van der Waals surface area contributed by atoms with Crippen molar-refractivity contribution in [2.75, 3.05) is 13.1 Å². The van der Waals surface area contributed by atoms with Crippen LogP contribution in [0.3, 0.4) is 0 Å². The van der Waals surface area contributed by atoms with Gasteiger partial charge in [-0.05, 0) is 37.1 Å². The van der Waals surface area contributed by atoms with E-state index in [1.165, 1.54) is 6.07 Å². The maximum absolute atomic E-state index is 12.0. The van der Waals surface area contributed by atoms with Gasteiger partial charge in [-0.3, -0.25) is 0 Å². The van der Waals surface area contributed by atoms with E-state index >= 15 is 0 Å². The molecule has 0 spiro atoms. The van der Waals surface area contributed by atoms with Crippen molar-refractivity contribution in [1.82, 2.24) is 10.0 Å². The molecular weight excluding hydrogens is 296 g/mol. The van der Waals surface area contributed by atoms with Gasteiger partial charge in [-0.15, -0.1) is 0 Å². The second kappa shape index (κ2) is 8.62. The van der Waals surface area contributed by atoms with Crippen molar-refractivity contribution >= 4 is 21.6 Å². The van der Waals surface area contributed by atoms with E-state index in [1.807, 2.05) is 6.92 Å². The quantitative estimate of drug-likeness (QED) is 0.688. The predicted octanol–water partition coefficient (Wildman–Crippen LogP) is 2.92.